The number of hydrogen-bond donors (Lipinski definition) is 1. The number of nitrogens with one attached hydrogen (secondary N) is 1. The number of benzene rings is 2. The van der Waals surface area contributed by atoms with Crippen molar-refractivity contribution in [1.29, 1.82) is 0 Å². The number of rotatable bonds is 5. The van der Waals surface area contributed by atoms with E-state index in [4.69, 9.17) is 16.3 Å². The van der Waals surface area contributed by atoms with Crippen LogP contribution < -0.4 is 15.0 Å². The molecule has 0 aromatic heterocycles. The first-order valence-corrected chi connectivity index (χ1v) is 9.28. The summed E-state index contributed by atoms with van der Waals surface area (Å²) in [7, 11) is 0. The summed E-state index contributed by atoms with van der Waals surface area (Å²) in [6.07, 6.45) is 2.96. The molecule has 3 rings (SSSR count). The number of urea groups is 1. The Balaban J connectivity index is 2.04. The third kappa shape index (κ3) is 4.16. The zero-order valence-corrected chi connectivity index (χ0v) is 16.8. The molecule has 28 heavy (non-hydrogen) atoms. The van der Waals surface area contributed by atoms with E-state index in [1.165, 1.54) is 12.1 Å². The normalized spacial score (nSPS) is 15.6. The second-order valence-electron chi connectivity index (χ2n) is 5.72. The zero-order chi connectivity index (χ0) is 20.3. The van der Waals surface area contributed by atoms with E-state index in [9.17, 15) is 14.4 Å². The first kappa shape index (κ1) is 19.9. The molecule has 0 radical (unpaired) electrons. The van der Waals surface area contributed by atoms with Crippen LogP contribution in [0, 0.1) is 0 Å². The Bertz CT molecular complexity index is 1020. The fraction of sp³-hybridized carbons (Fsp3) is 0.0500. The zero-order valence-electron chi connectivity index (χ0n) is 14.4. The molecule has 0 atom stereocenters. The molecule has 0 bridgehead atoms. The molecule has 8 heteroatoms. The first-order chi connectivity index (χ1) is 13.4. The van der Waals surface area contributed by atoms with Gasteiger partial charge in [-0.25, -0.2) is 9.69 Å². The van der Waals surface area contributed by atoms with Crippen LogP contribution >= 0.6 is 27.5 Å². The summed E-state index contributed by atoms with van der Waals surface area (Å²) >= 11 is 9.32. The Kier molecular flexibility index (Phi) is 5.96. The summed E-state index contributed by atoms with van der Waals surface area (Å²) in [6.45, 7) is 3.85. The van der Waals surface area contributed by atoms with Crippen molar-refractivity contribution in [2.45, 2.75) is 0 Å². The molecule has 1 heterocycles. The van der Waals surface area contributed by atoms with Gasteiger partial charge in [-0.3, -0.25) is 14.9 Å². The summed E-state index contributed by atoms with van der Waals surface area (Å²) in [5.41, 5.74) is 0.544. The lowest BCUT2D eigenvalue weighted by Gasteiger charge is -2.26. The van der Waals surface area contributed by atoms with E-state index < -0.39 is 17.8 Å². The van der Waals surface area contributed by atoms with Crippen molar-refractivity contribution in [2.24, 2.45) is 0 Å². The van der Waals surface area contributed by atoms with E-state index in [0.29, 0.717) is 16.3 Å². The van der Waals surface area contributed by atoms with Gasteiger partial charge in [-0.15, -0.1) is 0 Å². The number of imide groups is 2. The average molecular weight is 462 g/mol. The minimum absolute atomic E-state index is 0.207. The second-order valence-corrected chi connectivity index (χ2v) is 7.07. The minimum Gasteiger partial charge on any atom is -0.489 e. The van der Waals surface area contributed by atoms with Crippen LogP contribution in [-0.4, -0.2) is 24.5 Å². The van der Waals surface area contributed by atoms with Crippen LogP contribution in [0.25, 0.3) is 6.08 Å². The predicted octanol–water partition coefficient (Wildman–Crippen LogP) is 4.33. The highest BCUT2D eigenvalue weighted by Crippen LogP contribution is 2.28. The molecule has 4 amide bonds. The van der Waals surface area contributed by atoms with Gasteiger partial charge in [0.2, 0.25) is 0 Å². The van der Waals surface area contributed by atoms with Crippen molar-refractivity contribution < 1.29 is 19.1 Å². The highest BCUT2D eigenvalue weighted by molar-refractivity contribution is 9.10. The molecule has 142 valence electrons. The first-order valence-electron chi connectivity index (χ1n) is 8.11. The van der Waals surface area contributed by atoms with Gasteiger partial charge >= 0.3 is 6.03 Å². The van der Waals surface area contributed by atoms with E-state index in [1.807, 2.05) is 0 Å². The minimum atomic E-state index is -0.841. The van der Waals surface area contributed by atoms with Crippen molar-refractivity contribution in [1.82, 2.24) is 5.32 Å². The number of hydrogen-bond acceptors (Lipinski definition) is 4. The van der Waals surface area contributed by atoms with Gasteiger partial charge in [0.1, 0.15) is 17.9 Å². The van der Waals surface area contributed by atoms with Gasteiger partial charge in [0.05, 0.1) is 5.69 Å². The monoisotopic (exact) mass is 460 g/mol. The largest absolute Gasteiger partial charge is 0.489 e. The predicted molar refractivity (Wildman–Crippen MR) is 110 cm³/mol. The maximum atomic E-state index is 12.9. The third-order valence-corrected chi connectivity index (χ3v) is 4.52. The Morgan fingerprint density at radius 3 is 2.68 bits per heavy atom. The van der Waals surface area contributed by atoms with E-state index in [1.54, 1.807) is 42.5 Å². The van der Waals surface area contributed by atoms with Crippen LogP contribution in [-0.2, 0) is 9.59 Å². The van der Waals surface area contributed by atoms with Gasteiger partial charge in [0, 0.05) is 15.1 Å². The molecular formula is C20H14BrClN2O4. The van der Waals surface area contributed by atoms with Crippen LogP contribution in [0.4, 0.5) is 10.5 Å². The lowest BCUT2D eigenvalue weighted by Crippen LogP contribution is -2.54. The van der Waals surface area contributed by atoms with Gasteiger partial charge in [-0.05, 0) is 42.5 Å². The number of carbonyl (C=O) groups is 3. The molecule has 1 N–H and O–H groups in total. The maximum Gasteiger partial charge on any atom is 0.335 e. The summed E-state index contributed by atoms with van der Waals surface area (Å²) in [4.78, 5) is 38.4. The number of nitrogens with zero attached hydrogens (tertiary/aromatic N) is 1. The molecular weight excluding hydrogens is 448 g/mol. The van der Waals surface area contributed by atoms with Gasteiger partial charge in [0.25, 0.3) is 11.8 Å². The van der Waals surface area contributed by atoms with Gasteiger partial charge < -0.3 is 4.74 Å². The van der Waals surface area contributed by atoms with Crippen LogP contribution in [0.3, 0.4) is 0 Å². The summed E-state index contributed by atoms with van der Waals surface area (Å²) in [5.74, 6) is -1.09. The third-order valence-electron chi connectivity index (χ3n) is 3.80. The quantitative estimate of drug-likeness (QED) is 0.408. The smallest absolute Gasteiger partial charge is 0.335 e. The Labute approximate surface area is 174 Å². The lowest BCUT2D eigenvalue weighted by molar-refractivity contribution is -0.122. The summed E-state index contributed by atoms with van der Waals surface area (Å²) in [6, 6.07) is 10.6. The van der Waals surface area contributed by atoms with Gasteiger partial charge in [-0.1, -0.05) is 46.3 Å². The molecule has 6 nitrogen and oxygen atoms in total. The van der Waals surface area contributed by atoms with Crippen LogP contribution in [0.1, 0.15) is 5.56 Å². The van der Waals surface area contributed by atoms with Crippen molar-refractivity contribution in [3.8, 4) is 5.75 Å². The Morgan fingerprint density at radius 2 is 1.96 bits per heavy atom. The van der Waals surface area contributed by atoms with Crippen molar-refractivity contribution >= 4 is 57.1 Å². The molecule has 2 aromatic carbocycles. The SMILES string of the molecule is C=CCOc1ccc(Br)cc1/C=C1\C(=O)NC(=O)N(c2cccc(Cl)c2)C1=O. The van der Waals surface area contributed by atoms with Crippen LogP contribution in [0.15, 0.2) is 65.2 Å². The highest BCUT2D eigenvalue weighted by Gasteiger charge is 2.37. The van der Waals surface area contributed by atoms with Crippen molar-refractivity contribution in [3.63, 3.8) is 0 Å². The second kappa shape index (κ2) is 8.41. The Hall–Kier alpha value is -2.90. The fourth-order valence-electron chi connectivity index (χ4n) is 2.57. The number of amides is 4. The molecule has 0 aliphatic carbocycles. The summed E-state index contributed by atoms with van der Waals surface area (Å²) < 4.78 is 6.31. The van der Waals surface area contributed by atoms with E-state index in [-0.39, 0.29) is 17.9 Å². The molecule has 2 aromatic rings. The Morgan fingerprint density at radius 1 is 1.18 bits per heavy atom. The van der Waals surface area contributed by atoms with E-state index in [0.717, 1.165) is 9.37 Å². The van der Waals surface area contributed by atoms with E-state index >= 15 is 0 Å². The number of barbiturate groups is 1. The molecule has 1 fully saturated rings. The van der Waals surface area contributed by atoms with Crippen LogP contribution in [0.5, 0.6) is 5.75 Å². The standard InChI is InChI=1S/C20H14BrClN2O4/c1-2-8-28-17-7-6-13(21)9-12(17)10-16-18(25)23-20(27)24(19(16)26)15-5-3-4-14(22)11-15/h2-7,9-11H,1,8H2,(H,23,25,27)/b16-10+. The van der Waals surface area contributed by atoms with Crippen molar-refractivity contribution in [2.75, 3.05) is 11.5 Å². The number of anilines is 1. The molecule has 0 saturated carbocycles. The topological polar surface area (TPSA) is 75.7 Å². The molecule has 1 aliphatic rings. The number of ether oxygens (including phenoxy) is 1. The number of halogens is 2. The average Bonchev–Trinajstić information content (AvgIpc) is 2.64. The van der Waals surface area contributed by atoms with Gasteiger partial charge in [0.15, 0.2) is 0 Å². The summed E-state index contributed by atoms with van der Waals surface area (Å²) in [5, 5.41) is 2.53. The fourth-order valence-corrected chi connectivity index (χ4v) is 3.14. The molecule has 1 saturated heterocycles. The van der Waals surface area contributed by atoms with E-state index in [2.05, 4.69) is 27.8 Å². The maximum absolute atomic E-state index is 12.9. The molecule has 1 aliphatic heterocycles. The number of carbonyl (C=O) groups excluding carboxylic acids is 3. The highest BCUT2D eigenvalue weighted by atomic mass is 79.9. The van der Waals surface area contributed by atoms with Crippen molar-refractivity contribution in [3.05, 3.63) is 75.8 Å². The lowest BCUT2D eigenvalue weighted by atomic mass is 10.1. The molecule has 0 spiro atoms. The van der Waals surface area contributed by atoms with Crippen LogP contribution in [0.2, 0.25) is 5.02 Å². The molecule has 0 unspecified atom stereocenters. The van der Waals surface area contributed by atoms with Gasteiger partial charge in [-0.2, -0.15) is 0 Å².